The van der Waals surface area contributed by atoms with Crippen LogP contribution in [-0.2, 0) is 20.9 Å². The third-order valence-electron chi connectivity index (χ3n) is 5.91. The van der Waals surface area contributed by atoms with E-state index in [1.54, 1.807) is 11.8 Å². The number of ether oxygens (including phenoxy) is 1. The number of fused-ring (bicyclic) bond motifs is 1. The van der Waals surface area contributed by atoms with Crippen molar-refractivity contribution in [2.24, 2.45) is 11.8 Å². The second-order valence-corrected chi connectivity index (χ2v) is 8.39. The SMILES string of the molecule is CSCC(=O)NC[C@H]1[C@H]2CN(Cc3ccccc3)C[C@]23CC[C@H]1O3.O=CO. The van der Waals surface area contributed by atoms with Crippen molar-refractivity contribution < 1.29 is 19.4 Å². The molecule has 1 spiro atoms. The molecular formula is C20H28N2O4S. The van der Waals surface area contributed by atoms with E-state index < -0.39 is 0 Å². The highest BCUT2D eigenvalue weighted by Gasteiger charge is 2.62. The minimum absolute atomic E-state index is 0.0499. The van der Waals surface area contributed by atoms with Gasteiger partial charge in [0.25, 0.3) is 6.47 Å². The first-order valence-electron chi connectivity index (χ1n) is 9.39. The highest BCUT2D eigenvalue weighted by molar-refractivity contribution is 7.99. The number of hydrogen-bond acceptors (Lipinski definition) is 5. The van der Waals surface area contributed by atoms with Crippen LogP contribution in [0.1, 0.15) is 18.4 Å². The lowest BCUT2D eigenvalue weighted by Gasteiger charge is -2.29. The molecule has 0 aromatic heterocycles. The van der Waals surface area contributed by atoms with Crippen molar-refractivity contribution in [2.75, 3.05) is 31.6 Å². The van der Waals surface area contributed by atoms with Crippen LogP contribution in [-0.4, -0.2) is 65.7 Å². The third kappa shape index (κ3) is 4.47. The van der Waals surface area contributed by atoms with Crippen LogP contribution in [0.3, 0.4) is 0 Å². The van der Waals surface area contributed by atoms with Crippen LogP contribution in [0.15, 0.2) is 30.3 Å². The number of amides is 1. The number of nitrogens with zero attached hydrogens (tertiary/aromatic N) is 1. The first-order valence-corrected chi connectivity index (χ1v) is 10.8. The number of carbonyl (C=O) groups excluding carboxylic acids is 1. The van der Waals surface area contributed by atoms with Gasteiger partial charge in [-0.15, -0.1) is 0 Å². The highest BCUT2D eigenvalue weighted by atomic mass is 32.2. The minimum Gasteiger partial charge on any atom is -0.483 e. The summed E-state index contributed by atoms with van der Waals surface area (Å²) < 4.78 is 6.46. The van der Waals surface area contributed by atoms with Gasteiger partial charge in [-0.05, 0) is 24.7 Å². The Morgan fingerprint density at radius 1 is 1.44 bits per heavy atom. The summed E-state index contributed by atoms with van der Waals surface area (Å²) in [6, 6.07) is 10.7. The molecule has 2 N–H and O–H groups in total. The van der Waals surface area contributed by atoms with Gasteiger partial charge in [0.15, 0.2) is 0 Å². The fraction of sp³-hybridized carbons (Fsp3) is 0.600. The van der Waals surface area contributed by atoms with Crippen molar-refractivity contribution in [3.63, 3.8) is 0 Å². The molecule has 27 heavy (non-hydrogen) atoms. The lowest BCUT2D eigenvalue weighted by Crippen LogP contribution is -2.42. The van der Waals surface area contributed by atoms with Gasteiger partial charge < -0.3 is 15.2 Å². The average molecular weight is 393 g/mol. The van der Waals surface area contributed by atoms with E-state index >= 15 is 0 Å². The predicted molar refractivity (Wildman–Crippen MR) is 106 cm³/mol. The Kier molecular flexibility index (Phi) is 6.78. The van der Waals surface area contributed by atoms with Crippen LogP contribution in [0.25, 0.3) is 0 Å². The minimum atomic E-state index is -0.250. The van der Waals surface area contributed by atoms with Crippen LogP contribution in [0.2, 0.25) is 0 Å². The molecule has 7 heteroatoms. The summed E-state index contributed by atoms with van der Waals surface area (Å²) in [7, 11) is 0. The van der Waals surface area contributed by atoms with E-state index in [9.17, 15) is 4.79 Å². The molecule has 3 aliphatic rings. The lowest BCUT2D eigenvalue weighted by atomic mass is 9.73. The fourth-order valence-electron chi connectivity index (χ4n) is 4.94. The number of carboxylic acid groups (broad SMARTS) is 1. The van der Waals surface area contributed by atoms with Crippen molar-refractivity contribution >= 4 is 24.1 Å². The molecule has 3 fully saturated rings. The lowest BCUT2D eigenvalue weighted by molar-refractivity contribution is -0.123. The Labute approximate surface area is 164 Å². The van der Waals surface area contributed by atoms with Crippen molar-refractivity contribution in [2.45, 2.75) is 31.1 Å². The molecule has 4 rings (SSSR count). The van der Waals surface area contributed by atoms with Gasteiger partial charge >= 0.3 is 0 Å². The molecule has 1 amide bonds. The predicted octanol–water partition coefficient (Wildman–Crippen LogP) is 1.85. The number of carbonyl (C=O) groups is 2. The van der Waals surface area contributed by atoms with Gasteiger partial charge in [0.05, 0.1) is 17.5 Å². The molecule has 0 saturated carbocycles. The number of nitrogens with one attached hydrogen (secondary N) is 1. The summed E-state index contributed by atoms with van der Waals surface area (Å²) in [5, 5.41) is 10.0. The molecule has 1 aromatic rings. The Hall–Kier alpha value is -1.57. The van der Waals surface area contributed by atoms with Crippen LogP contribution in [0.5, 0.6) is 0 Å². The zero-order chi connectivity index (χ0) is 19.3. The first-order chi connectivity index (χ1) is 13.1. The quantitative estimate of drug-likeness (QED) is 0.720. The Morgan fingerprint density at radius 3 is 2.89 bits per heavy atom. The number of likely N-dealkylation sites (tertiary alicyclic amines) is 1. The normalized spacial score (nSPS) is 31.1. The molecule has 3 saturated heterocycles. The topological polar surface area (TPSA) is 78.9 Å². The monoisotopic (exact) mass is 392 g/mol. The molecule has 2 bridgehead atoms. The van der Waals surface area contributed by atoms with Gasteiger partial charge in [0.1, 0.15) is 0 Å². The second kappa shape index (κ2) is 9.08. The summed E-state index contributed by atoms with van der Waals surface area (Å²) in [5.74, 6) is 1.74. The van der Waals surface area contributed by atoms with Gasteiger partial charge in [0, 0.05) is 38.0 Å². The summed E-state index contributed by atoms with van der Waals surface area (Å²) >= 11 is 1.58. The van der Waals surface area contributed by atoms with Crippen molar-refractivity contribution in [3.05, 3.63) is 35.9 Å². The number of rotatable bonds is 6. The standard InChI is InChI=1S/C19H26N2O2S.CH2O2/c1-24-12-18(22)20-9-15-16-11-21(10-14-5-3-2-4-6-14)13-19(16)8-7-17(15)23-19;2-1-3/h2-6,15-17H,7-13H2,1H3,(H,20,22);1H,(H,2,3)/t15-,16+,17+,19+;/m0./s1. The Balaban J connectivity index is 0.000000659. The third-order valence-corrected chi connectivity index (χ3v) is 6.46. The van der Waals surface area contributed by atoms with Crippen molar-refractivity contribution in [1.29, 1.82) is 0 Å². The number of hydrogen-bond donors (Lipinski definition) is 2. The molecule has 4 atom stereocenters. The van der Waals surface area contributed by atoms with E-state index in [-0.39, 0.29) is 18.0 Å². The summed E-state index contributed by atoms with van der Waals surface area (Å²) in [6.45, 7) is 3.65. The summed E-state index contributed by atoms with van der Waals surface area (Å²) in [6.07, 6.45) is 4.65. The molecule has 0 unspecified atom stereocenters. The molecule has 0 aliphatic carbocycles. The van der Waals surface area contributed by atoms with Crippen LogP contribution < -0.4 is 5.32 Å². The molecule has 6 nitrogen and oxygen atoms in total. The van der Waals surface area contributed by atoms with Crippen LogP contribution >= 0.6 is 11.8 Å². The van der Waals surface area contributed by atoms with Gasteiger partial charge in [-0.3, -0.25) is 14.5 Å². The fourth-order valence-corrected chi connectivity index (χ4v) is 5.30. The average Bonchev–Trinajstić information content (AvgIpc) is 3.29. The highest BCUT2D eigenvalue weighted by Crippen LogP contribution is 2.54. The zero-order valence-electron chi connectivity index (χ0n) is 15.7. The number of thioether (sulfide) groups is 1. The maximum absolute atomic E-state index is 11.8. The van der Waals surface area contributed by atoms with E-state index in [1.165, 1.54) is 12.0 Å². The van der Waals surface area contributed by atoms with E-state index in [0.29, 0.717) is 23.7 Å². The Bertz CT molecular complexity index is 644. The van der Waals surface area contributed by atoms with E-state index in [1.807, 2.05) is 6.26 Å². The van der Waals surface area contributed by atoms with Gasteiger partial charge in [-0.25, -0.2) is 0 Å². The van der Waals surface area contributed by atoms with Crippen molar-refractivity contribution in [3.8, 4) is 0 Å². The molecule has 3 aliphatic heterocycles. The van der Waals surface area contributed by atoms with E-state index in [0.717, 1.165) is 32.6 Å². The molecule has 148 valence electrons. The van der Waals surface area contributed by atoms with Gasteiger partial charge in [-0.1, -0.05) is 30.3 Å². The van der Waals surface area contributed by atoms with E-state index in [2.05, 4.69) is 40.5 Å². The molecule has 0 radical (unpaired) electrons. The second-order valence-electron chi connectivity index (χ2n) is 7.53. The van der Waals surface area contributed by atoms with Crippen molar-refractivity contribution in [1.82, 2.24) is 10.2 Å². The zero-order valence-corrected chi connectivity index (χ0v) is 16.5. The smallest absolute Gasteiger partial charge is 0.290 e. The summed E-state index contributed by atoms with van der Waals surface area (Å²) in [4.78, 5) is 22.7. The van der Waals surface area contributed by atoms with Gasteiger partial charge in [-0.2, -0.15) is 11.8 Å². The maximum Gasteiger partial charge on any atom is 0.290 e. The molecular weight excluding hydrogens is 364 g/mol. The first kappa shape index (κ1) is 20.2. The van der Waals surface area contributed by atoms with Gasteiger partial charge in [0.2, 0.25) is 5.91 Å². The molecule has 3 heterocycles. The largest absolute Gasteiger partial charge is 0.483 e. The van der Waals surface area contributed by atoms with Crippen LogP contribution in [0, 0.1) is 11.8 Å². The molecule has 1 aromatic carbocycles. The maximum atomic E-state index is 11.8. The van der Waals surface area contributed by atoms with E-state index in [4.69, 9.17) is 14.6 Å². The number of benzene rings is 1. The Morgan fingerprint density at radius 2 is 2.19 bits per heavy atom. The van der Waals surface area contributed by atoms with Crippen LogP contribution in [0.4, 0.5) is 0 Å². The summed E-state index contributed by atoms with van der Waals surface area (Å²) in [5.41, 5.74) is 1.42.